The quantitative estimate of drug-likeness (QED) is 0.723. The van der Waals surface area contributed by atoms with E-state index in [1.807, 2.05) is 0 Å². The van der Waals surface area contributed by atoms with Gasteiger partial charge in [-0.1, -0.05) is 16.8 Å². The van der Waals surface area contributed by atoms with Crippen molar-refractivity contribution in [3.8, 4) is 11.4 Å². The van der Waals surface area contributed by atoms with E-state index in [1.165, 1.54) is 12.1 Å². The Bertz CT molecular complexity index is 850. The van der Waals surface area contributed by atoms with E-state index in [0.717, 1.165) is 0 Å². The maximum Gasteiger partial charge on any atom is 0.319 e. The second-order valence-electron chi connectivity index (χ2n) is 5.16. The number of carbonyl (C=O) groups is 1. The van der Waals surface area contributed by atoms with Crippen LogP contribution in [0.2, 0.25) is 5.02 Å². The summed E-state index contributed by atoms with van der Waals surface area (Å²) in [6.45, 7) is 0.324. The molecule has 2 N–H and O–H groups in total. The Balaban J connectivity index is 1.48. The van der Waals surface area contributed by atoms with Crippen LogP contribution < -0.4 is 10.6 Å². The van der Waals surface area contributed by atoms with Crippen LogP contribution in [0.15, 0.2) is 53.1 Å². The minimum Gasteiger partial charge on any atom is -0.339 e. The van der Waals surface area contributed by atoms with Crippen molar-refractivity contribution < 1.29 is 13.7 Å². The Morgan fingerprint density at radius 2 is 1.84 bits per heavy atom. The largest absolute Gasteiger partial charge is 0.339 e. The number of hydrogen-bond donors (Lipinski definition) is 2. The van der Waals surface area contributed by atoms with Gasteiger partial charge in [0.05, 0.1) is 0 Å². The van der Waals surface area contributed by atoms with Gasteiger partial charge >= 0.3 is 6.03 Å². The summed E-state index contributed by atoms with van der Waals surface area (Å²) in [6.07, 6.45) is 0.377. The van der Waals surface area contributed by atoms with Gasteiger partial charge in [-0.05, 0) is 48.5 Å². The van der Waals surface area contributed by atoms with Gasteiger partial charge in [0.15, 0.2) is 0 Å². The molecule has 0 aliphatic heterocycles. The SMILES string of the molecule is O=C(NCCc1nc(-c2ccc(F)cc2)no1)Nc1ccc(Cl)cc1. The summed E-state index contributed by atoms with van der Waals surface area (Å²) in [5, 5.41) is 9.81. The standard InChI is InChI=1S/C17H14ClFN4O2/c18-12-3-7-14(8-4-12)21-17(24)20-10-9-15-22-16(23-25-15)11-1-5-13(19)6-2-11/h1-8H,9-10H2,(H2,20,21,24). The number of amides is 2. The first-order valence-corrected chi connectivity index (χ1v) is 7.87. The predicted molar refractivity (Wildman–Crippen MR) is 91.9 cm³/mol. The summed E-state index contributed by atoms with van der Waals surface area (Å²) in [6, 6.07) is 12.2. The van der Waals surface area contributed by atoms with E-state index in [9.17, 15) is 9.18 Å². The molecule has 0 aliphatic carbocycles. The average Bonchev–Trinajstić information content (AvgIpc) is 3.06. The van der Waals surface area contributed by atoms with Crippen LogP contribution >= 0.6 is 11.6 Å². The molecule has 0 saturated heterocycles. The fraction of sp³-hybridized carbons (Fsp3) is 0.118. The van der Waals surface area contributed by atoms with Crippen LogP contribution in [0.5, 0.6) is 0 Å². The number of benzene rings is 2. The van der Waals surface area contributed by atoms with Gasteiger partial charge in [0.25, 0.3) is 0 Å². The third-order valence-corrected chi connectivity index (χ3v) is 3.55. The zero-order valence-electron chi connectivity index (χ0n) is 13.0. The van der Waals surface area contributed by atoms with Gasteiger partial charge in [-0.2, -0.15) is 4.98 Å². The Morgan fingerprint density at radius 3 is 2.56 bits per heavy atom. The van der Waals surface area contributed by atoms with Crippen molar-refractivity contribution in [2.45, 2.75) is 6.42 Å². The molecule has 3 aromatic rings. The number of aromatic nitrogens is 2. The van der Waals surface area contributed by atoms with Crippen LogP contribution in [0.3, 0.4) is 0 Å². The van der Waals surface area contributed by atoms with E-state index in [4.69, 9.17) is 16.1 Å². The molecule has 2 amide bonds. The van der Waals surface area contributed by atoms with Crippen LogP contribution in [-0.2, 0) is 6.42 Å². The second-order valence-corrected chi connectivity index (χ2v) is 5.59. The maximum absolute atomic E-state index is 12.9. The van der Waals surface area contributed by atoms with Crippen molar-refractivity contribution in [3.05, 3.63) is 65.3 Å². The molecule has 0 aliphatic rings. The third-order valence-electron chi connectivity index (χ3n) is 3.30. The Morgan fingerprint density at radius 1 is 1.12 bits per heavy atom. The smallest absolute Gasteiger partial charge is 0.319 e. The van der Waals surface area contributed by atoms with Gasteiger partial charge in [0, 0.05) is 29.2 Å². The average molecular weight is 361 g/mol. The van der Waals surface area contributed by atoms with Crippen molar-refractivity contribution in [1.82, 2.24) is 15.5 Å². The fourth-order valence-electron chi connectivity index (χ4n) is 2.06. The van der Waals surface area contributed by atoms with E-state index in [0.29, 0.717) is 41.0 Å². The van der Waals surface area contributed by atoms with E-state index in [1.54, 1.807) is 36.4 Å². The van der Waals surface area contributed by atoms with Crippen LogP contribution in [0.1, 0.15) is 5.89 Å². The lowest BCUT2D eigenvalue weighted by Gasteiger charge is -2.06. The van der Waals surface area contributed by atoms with E-state index >= 15 is 0 Å². The lowest BCUT2D eigenvalue weighted by molar-refractivity contribution is 0.252. The molecule has 25 heavy (non-hydrogen) atoms. The molecular formula is C17H14ClFN4O2. The number of halogens is 2. The van der Waals surface area contributed by atoms with Crippen LogP contribution in [0, 0.1) is 5.82 Å². The molecule has 0 unspecified atom stereocenters. The van der Waals surface area contributed by atoms with Crippen molar-refractivity contribution in [2.24, 2.45) is 0 Å². The summed E-state index contributed by atoms with van der Waals surface area (Å²) >= 11 is 5.78. The maximum atomic E-state index is 12.9. The van der Waals surface area contributed by atoms with Crippen molar-refractivity contribution in [3.63, 3.8) is 0 Å². The normalized spacial score (nSPS) is 10.5. The number of anilines is 1. The number of hydrogen-bond acceptors (Lipinski definition) is 4. The number of nitrogens with zero attached hydrogens (tertiary/aromatic N) is 2. The van der Waals surface area contributed by atoms with Crippen molar-refractivity contribution in [1.29, 1.82) is 0 Å². The topological polar surface area (TPSA) is 80.1 Å². The van der Waals surface area contributed by atoms with Crippen LogP contribution in [0.25, 0.3) is 11.4 Å². The number of nitrogens with one attached hydrogen (secondary N) is 2. The minimum atomic E-state index is -0.347. The summed E-state index contributed by atoms with van der Waals surface area (Å²) in [7, 11) is 0. The zero-order valence-corrected chi connectivity index (χ0v) is 13.8. The van der Waals surface area contributed by atoms with Gasteiger partial charge in [-0.25, -0.2) is 9.18 Å². The summed E-state index contributed by atoms with van der Waals surface area (Å²) < 4.78 is 18.0. The Kier molecular flexibility index (Phi) is 5.25. The lowest BCUT2D eigenvalue weighted by atomic mass is 10.2. The first-order valence-electron chi connectivity index (χ1n) is 7.49. The zero-order chi connectivity index (χ0) is 17.6. The first kappa shape index (κ1) is 16.9. The number of urea groups is 1. The molecular weight excluding hydrogens is 347 g/mol. The highest BCUT2D eigenvalue weighted by atomic mass is 35.5. The van der Waals surface area contributed by atoms with E-state index < -0.39 is 0 Å². The highest BCUT2D eigenvalue weighted by Crippen LogP contribution is 2.16. The predicted octanol–water partition coefficient (Wildman–Crippen LogP) is 3.89. The van der Waals surface area contributed by atoms with Crippen molar-refractivity contribution >= 4 is 23.3 Å². The summed E-state index contributed by atoms with van der Waals surface area (Å²) in [5.41, 5.74) is 1.29. The summed E-state index contributed by atoms with van der Waals surface area (Å²) in [4.78, 5) is 16.0. The Hall–Kier alpha value is -2.93. The number of carbonyl (C=O) groups excluding carboxylic acids is 1. The molecule has 128 valence electrons. The van der Waals surface area contributed by atoms with Gasteiger partial charge in [-0.15, -0.1) is 0 Å². The van der Waals surface area contributed by atoms with Crippen LogP contribution in [-0.4, -0.2) is 22.7 Å². The molecule has 1 aromatic heterocycles. The molecule has 3 rings (SSSR count). The Labute approximate surface area is 148 Å². The fourth-order valence-corrected chi connectivity index (χ4v) is 2.19. The van der Waals surface area contributed by atoms with Crippen LogP contribution in [0.4, 0.5) is 14.9 Å². The number of rotatable bonds is 5. The van der Waals surface area contributed by atoms with Crippen molar-refractivity contribution in [2.75, 3.05) is 11.9 Å². The molecule has 0 fully saturated rings. The molecule has 0 atom stereocenters. The molecule has 8 heteroatoms. The highest BCUT2D eigenvalue weighted by molar-refractivity contribution is 6.30. The molecule has 0 radical (unpaired) electrons. The van der Waals surface area contributed by atoms with Gasteiger partial charge < -0.3 is 15.2 Å². The van der Waals surface area contributed by atoms with E-state index in [2.05, 4.69) is 20.8 Å². The second kappa shape index (κ2) is 7.76. The molecule has 0 saturated carbocycles. The molecule has 0 bridgehead atoms. The van der Waals surface area contributed by atoms with Gasteiger partial charge in [0.2, 0.25) is 11.7 Å². The third kappa shape index (κ3) is 4.77. The van der Waals surface area contributed by atoms with Gasteiger partial charge in [0.1, 0.15) is 5.82 Å². The summed E-state index contributed by atoms with van der Waals surface area (Å²) in [5.74, 6) is 0.426. The molecule has 1 heterocycles. The first-order chi connectivity index (χ1) is 12.1. The monoisotopic (exact) mass is 360 g/mol. The minimum absolute atomic E-state index is 0.324. The molecule has 6 nitrogen and oxygen atoms in total. The highest BCUT2D eigenvalue weighted by Gasteiger charge is 2.09. The lowest BCUT2D eigenvalue weighted by Crippen LogP contribution is -2.30. The van der Waals surface area contributed by atoms with E-state index in [-0.39, 0.29) is 11.8 Å². The van der Waals surface area contributed by atoms with Gasteiger partial charge in [-0.3, -0.25) is 0 Å². The molecule has 2 aromatic carbocycles. The molecule has 0 spiro atoms.